The Balaban J connectivity index is 2.12. The summed E-state index contributed by atoms with van der Waals surface area (Å²) in [6, 6.07) is 6.54. The van der Waals surface area contributed by atoms with Crippen LogP contribution in [0, 0.1) is 5.92 Å². The van der Waals surface area contributed by atoms with Crippen molar-refractivity contribution in [1.29, 1.82) is 0 Å². The van der Waals surface area contributed by atoms with E-state index in [1.165, 1.54) is 0 Å². The van der Waals surface area contributed by atoms with Gasteiger partial charge in [-0.25, -0.2) is 9.59 Å². The zero-order valence-electron chi connectivity index (χ0n) is 13.7. The molecule has 0 aromatic heterocycles. The number of benzene rings is 1. The lowest BCUT2D eigenvalue weighted by Crippen LogP contribution is -2.48. The van der Waals surface area contributed by atoms with Crippen LogP contribution in [0.1, 0.15) is 32.8 Å². The van der Waals surface area contributed by atoms with Crippen molar-refractivity contribution >= 4 is 12.1 Å². The third-order valence-corrected chi connectivity index (χ3v) is 3.61. The molecule has 0 saturated heterocycles. The number of hydrogen-bond acceptors (Lipinski definition) is 4. The summed E-state index contributed by atoms with van der Waals surface area (Å²) < 4.78 is 10.8. The number of hydrogen-bond donors (Lipinski definition) is 2. The van der Waals surface area contributed by atoms with E-state index >= 15 is 0 Å². The van der Waals surface area contributed by atoms with Gasteiger partial charge < -0.3 is 19.9 Å². The summed E-state index contributed by atoms with van der Waals surface area (Å²) >= 11 is 0. The molecule has 2 unspecified atom stereocenters. The van der Waals surface area contributed by atoms with Crippen LogP contribution in [0.5, 0.6) is 5.75 Å². The first-order valence-electron chi connectivity index (χ1n) is 7.69. The van der Waals surface area contributed by atoms with E-state index in [1.807, 2.05) is 24.3 Å². The van der Waals surface area contributed by atoms with Crippen LogP contribution in [-0.2, 0) is 16.0 Å². The van der Waals surface area contributed by atoms with E-state index in [2.05, 4.69) is 5.32 Å². The SMILES string of the molecule is CC(C)(C)OC(=O)NC(C(=O)O)C1CCOc2ccccc2C1. The third-order valence-electron chi connectivity index (χ3n) is 3.61. The average molecular weight is 321 g/mol. The summed E-state index contributed by atoms with van der Waals surface area (Å²) in [5.74, 6) is -0.555. The molecule has 0 aliphatic carbocycles. The van der Waals surface area contributed by atoms with Crippen LogP contribution in [0.3, 0.4) is 0 Å². The molecule has 23 heavy (non-hydrogen) atoms. The Labute approximate surface area is 135 Å². The van der Waals surface area contributed by atoms with Crippen LogP contribution in [0.4, 0.5) is 4.79 Å². The number of rotatable bonds is 3. The Bertz CT molecular complexity index is 579. The molecule has 2 atom stereocenters. The van der Waals surface area contributed by atoms with Gasteiger partial charge in [0, 0.05) is 0 Å². The lowest BCUT2D eigenvalue weighted by atomic mass is 9.90. The minimum atomic E-state index is -1.07. The van der Waals surface area contributed by atoms with Crippen molar-refractivity contribution in [2.24, 2.45) is 5.92 Å². The number of fused-ring (bicyclic) bond motifs is 1. The molecule has 126 valence electrons. The summed E-state index contributed by atoms with van der Waals surface area (Å²) in [5.41, 5.74) is 0.277. The molecule has 0 spiro atoms. The first-order chi connectivity index (χ1) is 10.8. The van der Waals surface area contributed by atoms with E-state index < -0.39 is 23.7 Å². The highest BCUT2D eigenvalue weighted by molar-refractivity contribution is 5.80. The highest BCUT2D eigenvalue weighted by atomic mass is 16.6. The van der Waals surface area contributed by atoms with Gasteiger partial charge in [-0.3, -0.25) is 0 Å². The molecule has 6 heteroatoms. The topological polar surface area (TPSA) is 84.9 Å². The van der Waals surface area contributed by atoms with Crippen LogP contribution in [-0.4, -0.2) is 35.4 Å². The highest BCUT2D eigenvalue weighted by Gasteiger charge is 2.33. The molecule has 1 aromatic carbocycles. The van der Waals surface area contributed by atoms with Crippen molar-refractivity contribution in [2.45, 2.75) is 45.3 Å². The van der Waals surface area contributed by atoms with Crippen molar-refractivity contribution < 1.29 is 24.2 Å². The van der Waals surface area contributed by atoms with Gasteiger partial charge in [-0.05, 0) is 51.2 Å². The summed E-state index contributed by atoms with van der Waals surface area (Å²) in [6.45, 7) is 5.62. The molecule has 1 aliphatic rings. The first kappa shape index (κ1) is 17.1. The van der Waals surface area contributed by atoms with Crippen LogP contribution in [0.2, 0.25) is 0 Å². The predicted molar refractivity (Wildman–Crippen MR) is 84.5 cm³/mol. The summed E-state index contributed by atoms with van der Waals surface area (Å²) in [5, 5.41) is 12.0. The fourth-order valence-electron chi connectivity index (χ4n) is 2.62. The molecular formula is C17H23NO5. The second kappa shape index (κ2) is 6.89. The largest absolute Gasteiger partial charge is 0.493 e. The molecule has 1 amide bonds. The van der Waals surface area contributed by atoms with E-state index in [9.17, 15) is 14.7 Å². The van der Waals surface area contributed by atoms with Crippen LogP contribution in [0.25, 0.3) is 0 Å². The smallest absolute Gasteiger partial charge is 0.408 e. The quantitative estimate of drug-likeness (QED) is 0.894. The Morgan fingerprint density at radius 1 is 1.35 bits per heavy atom. The van der Waals surface area contributed by atoms with Gasteiger partial charge in [-0.15, -0.1) is 0 Å². The van der Waals surface area contributed by atoms with Gasteiger partial charge in [0.15, 0.2) is 0 Å². The zero-order valence-corrected chi connectivity index (χ0v) is 13.7. The highest BCUT2D eigenvalue weighted by Crippen LogP contribution is 2.28. The standard InChI is InChI=1S/C17H23NO5/c1-17(2,3)23-16(21)18-14(15(19)20)12-8-9-22-13-7-5-4-6-11(13)10-12/h4-7,12,14H,8-10H2,1-3H3,(H,18,21)(H,19,20). The van der Waals surface area contributed by atoms with Crippen molar-refractivity contribution in [3.05, 3.63) is 29.8 Å². The summed E-state index contributed by atoms with van der Waals surface area (Å²) in [7, 11) is 0. The van der Waals surface area contributed by atoms with Gasteiger partial charge in [0.1, 0.15) is 17.4 Å². The molecule has 0 fully saturated rings. The maximum atomic E-state index is 11.9. The van der Waals surface area contributed by atoms with Crippen molar-refractivity contribution in [3.8, 4) is 5.75 Å². The summed E-state index contributed by atoms with van der Waals surface area (Å²) in [4.78, 5) is 23.5. The van der Waals surface area contributed by atoms with Gasteiger partial charge in [-0.1, -0.05) is 18.2 Å². The maximum Gasteiger partial charge on any atom is 0.408 e. The average Bonchev–Trinajstić information content (AvgIpc) is 2.64. The predicted octanol–water partition coefficient (Wildman–Crippen LogP) is 2.61. The van der Waals surface area contributed by atoms with Crippen LogP contribution >= 0.6 is 0 Å². The Kier molecular flexibility index (Phi) is 5.13. The van der Waals surface area contributed by atoms with Gasteiger partial charge >= 0.3 is 12.1 Å². The van der Waals surface area contributed by atoms with E-state index in [1.54, 1.807) is 20.8 Å². The normalized spacial score (nSPS) is 18.8. The number of amides is 1. The van der Waals surface area contributed by atoms with E-state index in [0.29, 0.717) is 19.4 Å². The molecule has 0 bridgehead atoms. The number of nitrogens with one attached hydrogen (secondary N) is 1. The van der Waals surface area contributed by atoms with Crippen molar-refractivity contribution in [3.63, 3.8) is 0 Å². The molecular weight excluding hydrogens is 298 g/mol. The maximum absolute atomic E-state index is 11.9. The number of carboxylic acid groups (broad SMARTS) is 1. The minimum Gasteiger partial charge on any atom is -0.493 e. The molecule has 1 aromatic rings. The fraction of sp³-hybridized carbons (Fsp3) is 0.529. The van der Waals surface area contributed by atoms with E-state index in [0.717, 1.165) is 11.3 Å². The monoisotopic (exact) mass is 321 g/mol. The van der Waals surface area contributed by atoms with E-state index in [-0.39, 0.29) is 5.92 Å². The van der Waals surface area contributed by atoms with Crippen molar-refractivity contribution in [1.82, 2.24) is 5.32 Å². The number of carbonyl (C=O) groups is 2. The number of aliphatic carboxylic acids is 1. The lowest BCUT2D eigenvalue weighted by Gasteiger charge is -2.26. The molecule has 1 aliphatic heterocycles. The molecule has 1 heterocycles. The number of ether oxygens (including phenoxy) is 2. The third kappa shape index (κ3) is 4.87. The minimum absolute atomic E-state index is 0.260. The molecule has 0 saturated carbocycles. The molecule has 2 N–H and O–H groups in total. The van der Waals surface area contributed by atoms with Gasteiger partial charge in [0.25, 0.3) is 0 Å². The van der Waals surface area contributed by atoms with Gasteiger partial charge in [-0.2, -0.15) is 0 Å². The second-order valence-corrected chi connectivity index (χ2v) is 6.67. The van der Waals surface area contributed by atoms with E-state index in [4.69, 9.17) is 9.47 Å². The molecule has 6 nitrogen and oxygen atoms in total. The van der Waals surface area contributed by atoms with Crippen LogP contribution in [0.15, 0.2) is 24.3 Å². The first-order valence-corrected chi connectivity index (χ1v) is 7.69. The Hall–Kier alpha value is -2.24. The van der Waals surface area contributed by atoms with Gasteiger partial charge in [0.2, 0.25) is 0 Å². The lowest BCUT2D eigenvalue weighted by molar-refractivity contribution is -0.141. The molecule has 0 radical (unpaired) electrons. The number of carbonyl (C=O) groups excluding carboxylic acids is 1. The number of para-hydroxylation sites is 1. The van der Waals surface area contributed by atoms with Crippen molar-refractivity contribution in [2.75, 3.05) is 6.61 Å². The molecule has 2 rings (SSSR count). The second-order valence-electron chi connectivity index (χ2n) is 6.67. The number of alkyl carbamates (subject to hydrolysis) is 1. The van der Waals surface area contributed by atoms with Crippen LogP contribution < -0.4 is 10.1 Å². The number of carboxylic acids is 1. The Morgan fingerprint density at radius 3 is 2.70 bits per heavy atom. The Morgan fingerprint density at radius 2 is 2.04 bits per heavy atom. The fourth-order valence-corrected chi connectivity index (χ4v) is 2.62. The van der Waals surface area contributed by atoms with Gasteiger partial charge in [0.05, 0.1) is 6.61 Å². The summed E-state index contributed by atoms with van der Waals surface area (Å²) in [6.07, 6.45) is 0.355. The zero-order chi connectivity index (χ0) is 17.0.